The molecule has 1 aromatic heterocycles. The van der Waals surface area contributed by atoms with E-state index < -0.39 is 0 Å². The lowest BCUT2D eigenvalue weighted by atomic mass is 9.98. The fourth-order valence-electron chi connectivity index (χ4n) is 3.63. The average molecular weight is 428 g/mol. The Morgan fingerprint density at radius 2 is 1.90 bits per heavy atom. The molecule has 4 nitrogen and oxygen atoms in total. The zero-order chi connectivity index (χ0) is 21.8. The van der Waals surface area contributed by atoms with Gasteiger partial charge in [0.05, 0.1) is 36.5 Å². The molecule has 0 saturated carbocycles. The summed E-state index contributed by atoms with van der Waals surface area (Å²) in [6.07, 6.45) is 3.25. The van der Waals surface area contributed by atoms with Gasteiger partial charge in [-0.05, 0) is 53.4 Å². The van der Waals surface area contributed by atoms with E-state index in [2.05, 4.69) is 36.2 Å². The smallest absolute Gasteiger partial charge is 0.124 e. The Kier molecular flexibility index (Phi) is 6.18. The number of imidazole rings is 1. The quantitative estimate of drug-likeness (QED) is 0.366. The lowest BCUT2D eigenvalue weighted by Crippen LogP contribution is -2.11. The van der Waals surface area contributed by atoms with Crippen LogP contribution in [-0.2, 0) is 18.4 Å². The van der Waals surface area contributed by atoms with Gasteiger partial charge in [-0.2, -0.15) is 5.26 Å². The van der Waals surface area contributed by atoms with Gasteiger partial charge in [-0.15, -0.1) is 0 Å². The first kappa shape index (κ1) is 20.9. The molecule has 4 rings (SSSR count). The van der Waals surface area contributed by atoms with Gasteiger partial charge in [-0.1, -0.05) is 59.6 Å². The summed E-state index contributed by atoms with van der Waals surface area (Å²) in [5.74, 6) is 0. The minimum atomic E-state index is -0.318. The molecule has 0 aliphatic rings. The lowest BCUT2D eigenvalue weighted by molar-refractivity contribution is 0.0624. The van der Waals surface area contributed by atoms with Gasteiger partial charge < -0.3 is 9.30 Å². The van der Waals surface area contributed by atoms with Crippen LogP contribution in [-0.4, -0.2) is 9.55 Å². The Morgan fingerprint density at radius 1 is 1.10 bits per heavy atom. The fourth-order valence-corrected chi connectivity index (χ4v) is 3.81. The number of hydrogen-bond donors (Lipinski definition) is 0. The van der Waals surface area contributed by atoms with Gasteiger partial charge in [0.15, 0.2) is 0 Å². The molecule has 1 heterocycles. The summed E-state index contributed by atoms with van der Waals surface area (Å²) >= 11 is 6.32. The third-order valence-electron chi connectivity index (χ3n) is 5.27. The fraction of sp³-hybridized carbons (Fsp3) is 0.154. The third-order valence-corrected chi connectivity index (χ3v) is 5.51. The number of aryl methyl sites for hydroxylation is 2. The summed E-state index contributed by atoms with van der Waals surface area (Å²) in [7, 11) is 1.95. The van der Waals surface area contributed by atoms with E-state index in [0.29, 0.717) is 17.2 Å². The van der Waals surface area contributed by atoms with E-state index in [1.165, 1.54) is 5.56 Å². The van der Waals surface area contributed by atoms with E-state index in [0.717, 1.165) is 27.9 Å². The molecule has 0 spiro atoms. The summed E-state index contributed by atoms with van der Waals surface area (Å²) in [6.45, 7) is 2.48. The van der Waals surface area contributed by atoms with Crippen molar-refractivity contribution in [3.63, 3.8) is 0 Å². The molecule has 0 fully saturated rings. The van der Waals surface area contributed by atoms with Crippen LogP contribution in [0, 0.1) is 18.3 Å². The van der Waals surface area contributed by atoms with E-state index in [-0.39, 0.29) is 6.10 Å². The normalized spacial score (nSPS) is 11.8. The highest BCUT2D eigenvalue weighted by Gasteiger charge is 2.19. The maximum absolute atomic E-state index is 9.12. The van der Waals surface area contributed by atoms with Crippen molar-refractivity contribution in [1.82, 2.24) is 9.55 Å². The van der Waals surface area contributed by atoms with Crippen LogP contribution in [0.2, 0.25) is 5.02 Å². The van der Waals surface area contributed by atoms with Gasteiger partial charge >= 0.3 is 0 Å². The second kappa shape index (κ2) is 9.18. The van der Waals surface area contributed by atoms with Crippen molar-refractivity contribution in [2.75, 3.05) is 0 Å². The van der Waals surface area contributed by atoms with Gasteiger partial charge in [0, 0.05) is 12.1 Å². The monoisotopic (exact) mass is 427 g/mol. The van der Waals surface area contributed by atoms with E-state index >= 15 is 0 Å². The highest BCUT2D eigenvalue weighted by atomic mass is 35.5. The molecule has 0 N–H and O–H groups in total. The Hall–Kier alpha value is -3.39. The van der Waals surface area contributed by atoms with Crippen molar-refractivity contribution >= 4 is 11.6 Å². The number of rotatable bonds is 6. The number of halogens is 1. The molecule has 154 valence electrons. The van der Waals surface area contributed by atoms with Gasteiger partial charge in [-0.25, -0.2) is 4.98 Å². The summed E-state index contributed by atoms with van der Waals surface area (Å²) < 4.78 is 8.41. The van der Waals surface area contributed by atoms with Crippen molar-refractivity contribution in [3.05, 3.63) is 112 Å². The zero-order valence-corrected chi connectivity index (χ0v) is 18.2. The highest BCUT2D eigenvalue weighted by molar-refractivity contribution is 6.30. The molecule has 0 bridgehead atoms. The number of aromatic nitrogens is 2. The summed E-state index contributed by atoms with van der Waals surface area (Å²) in [6, 6.07) is 23.9. The van der Waals surface area contributed by atoms with Crippen LogP contribution in [0.25, 0.3) is 11.1 Å². The molecule has 4 aromatic rings. The van der Waals surface area contributed by atoms with Crippen molar-refractivity contribution in [2.24, 2.45) is 7.05 Å². The minimum absolute atomic E-state index is 0.318. The van der Waals surface area contributed by atoms with Crippen LogP contribution >= 0.6 is 11.6 Å². The average Bonchev–Trinajstić information content (AvgIpc) is 3.21. The Balaban J connectivity index is 1.68. The number of benzene rings is 3. The molecular weight excluding hydrogens is 406 g/mol. The molecule has 0 radical (unpaired) electrons. The van der Waals surface area contributed by atoms with Gasteiger partial charge in [0.2, 0.25) is 0 Å². The Labute approximate surface area is 187 Å². The Bertz CT molecular complexity index is 1240. The van der Waals surface area contributed by atoms with Crippen molar-refractivity contribution in [2.45, 2.75) is 19.6 Å². The largest absolute Gasteiger partial charge is 0.362 e. The molecule has 1 unspecified atom stereocenters. The first-order valence-electron chi connectivity index (χ1n) is 9.98. The molecule has 5 heteroatoms. The molecule has 0 amide bonds. The number of nitrogens with zero attached hydrogens (tertiary/aromatic N) is 3. The first-order chi connectivity index (χ1) is 15.0. The predicted molar refractivity (Wildman–Crippen MR) is 123 cm³/mol. The van der Waals surface area contributed by atoms with E-state index in [1.807, 2.05) is 66.3 Å². The molecule has 0 aliphatic heterocycles. The zero-order valence-electron chi connectivity index (χ0n) is 17.4. The maximum atomic E-state index is 9.12. The van der Waals surface area contributed by atoms with E-state index in [4.69, 9.17) is 21.6 Å². The van der Waals surface area contributed by atoms with E-state index in [1.54, 1.807) is 6.33 Å². The highest BCUT2D eigenvalue weighted by Crippen LogP contribution is 2.32. The van der Waals surface area contributed by atoms with Crippen LogP contribution in [0.4, 0.5) is 0 Å². The predicted octanol–water partition coefficient (Wildman–Crippen LogP) is 6.23. The summed E-state index contributed by atoms with van der Waals surface area (Å²) in [5, 5.41) is 9.81. The standard InChI is InChI=1S/C26H22ClN3O/c1-18-4-3-5-21(12-18)24-13-23(27)11-10-22(24)16-31-26(25-15-29-17-30(25)2)20-8-6-19(14-28)7-9-20/h3-13,15,17,26H,16H2,1-2H3. The van der Waals surface area contributed by atoms with Crippen LogP contribution in [0.5, 0.6) is 0 Å². The molecule has 31 heavy (non-hydrogen) atoms. The topological polar surface area (TPSA) is 50.8 Å². The first-order valence-corrected chi connectivity index (χ1v) is 10.4. The second-order valence-corrected chi connectivity index (χ2v) is 7.96. The van der Waals surface area contributed by atoms with Crippen LogP contribution in [0.15, 0.2) is 79.3 Å². The molecule has 0 saturated heterocycles. The second-order valence-electron chi connectivity index (χ2n) is 7.53. The maximum Gasteiger partial charge on any atom is 0.124 e. The van der Waals surface area contributed by atoms with Gasteiger partial charge in [-0.3, -0.25) is 0 Å². The molecule has 0 aliphatic carbocycles. The number of ether oxygens (including phenoxy) is 1. The van der Waals surface area contributed by atoms with Crippen LogP contribution < -0.4 is 0 Å². The number of nitriles is 1. The van der Waals surface area contributed by atoms with Crippen LogP contribution in [0.1, 0.15) is 34.1 Å². The Morgan fingerprint density at radius 3 is 2.58 bits per heavy atom. The molecular formula is C26H22ClN3O. The molecule has 3 aromatic carbocycles. The van der Waals surface area contributed by atoms with Crippen molar-refractivity contribution in [1.29, 1.82) is 5.26 Å². The lowest BCUT2D eigenvalue weighted by Gasteiger charge is -2.20. The minimum Gasteiger partial charge on any atom is -0.362 e. The van der Waals surface area contributed by atoms with Gasteiger partial charge in [0.25, 0.3) is 0 Å². The number of hydrogen-bond acceptors (Lipinski definition) is 3. The SMILES string of the molecule is Cc1cccc(-c2cc(Cl)ccc2COC(c2ccc(C#N)cc2)c2cncn2C)c1. The summed E-state index contributed by atoms with van der Waals surface area (Å²) in [4.78, 5) is 4.26. The van der Waals surface area contributed by atoms with Crippen molar-refractivity contribution < 1.29 is 4.74 Å². The summed E-state index contributed by atoms with van der Waals surface area (Å²) in [5.41, 5.74) is 6.93. The van der Waals surface area contributed by atoms with Crippen molar-refractivity contribution in [3.8, 4) is 17.2 Å². The van der Waals surface area contributed by atoms with E-state index in [9.17, 15) is 0 Å². The van der Waals surface area contributed by atoms with Crippen LogP contribution in [0.3, 0.4) is 0 Å². The molecule has 1 atom stereocenters. The van der Waals surface area contributed by atoms with Gasteiger partial charge in [0.1, 0.15) is 6.10 Å². The third kappa shape index (κ3) is 4.69.